The number of imidazole rings is 1. The summed E-state index contributed by atoms with van der Waals surface area (Å²) in [6.45, 7) is 0. The second-order valence-corrected chi connectivity index (χ2v) is 7.63. The molecule has 0 spiro atoms. The number of nitrogen functional groups attached to an aromatic ring is 1. The van der Waals surface area contributed by atoms with Gasteiger partial charge in [0.25, 0.3) is 0 Å². The Bertz CT molecular complexity index is 861. The molecule has 5 N–H and O–H groups in total. The van der Waals surface area contributed by atoms with Crippen LogP contribution in [0.15, 0.2) is 6.33 Å². The highest BCUT2D eigenvalue weighted by Crippen LogP contribution is 2.56. The van der Waals surface area contributed by atoms with Crippen molar-refractivity contribution in [3.63, 3.8) is 0 Å². The molecule has 2 aromatic rings. The number of aromatic nitrogens is 4. The normalized spacial score (nSPS) is 25.0. The first kappa shape index (κ1) is 18.4. The summed E-state index contributed by atoms with van der Waals surface area (Å²) in [6.07, 6.45) is -3.97. The van der Waals surface area contributed by atoms with Crippen molar-refractivity contribution in [1.29, 1.82) is 0 Å². The number of nitrogens with two attached hydrogens (primary N) is 1. The largest absolute Gasteiger partial charge is 0.394 e. The van der Waals surface area contributed by atoms with Gasteiger partial charge in [0.2, 0.25) is 5.28 Å². The maximum absolute atomic E-state index is 13.6. The van der Waals surface area contributed by atoms with Gasteiger partial charge in [-0.25, -0.2) is 4.98 Å². The number of fused-ring (bicyclic) bond motifs is 1. The number of rotatable bonds is 4. The minimum Gasteiger partial charge on any atom is -0.390 e. The average Bonchev–Trinajstić information content (AvgIpc) is 3.01. The molecule has 0 radical (unpaired) electrons. The van der Waals surface area contributed by atoms with E-state index in [2.05, 4.69) is 15.0 Å². The molecule has 3 atom stereocenters. The fourth-order valence-corrected chi connectivity index (χ4v) is 3.14. The van der Waals surface area contributed by atoms with Crippen LogP contribution in [-0.4, -0.2) is 52.3 Å². The second kappa shape index (κ2) is 6.08. The highest BCUT2D eigenvalue weighted by atomic mass is 35.5. The third kappa shape index (κ3) is 3.33. The monoisotopic (exact) mass is 399 g/mol. The zero-order chi connectivity index (χ0) is 18.6. The van der Waals surface area contributed by atoms with Crippen LogP contribution in [0.3, 0.4) is 0 Å². The number of hydrogen-bond donors (Lipinski definition) is 4. The van der Waals surface area contributed by atoms with Crippen molar-refractivity contribution in [3.8, 4) is 0 Å². The topological polar surface area (TPSA) is 157 Å². The number of halogens is 3. The Balaban J connectivity index is 1.86. The number of aliphatic hydroxyl groups is 1. The lowest BCUT2D eigenvalue weighted by atomic mass is 10.1. The summed E-state index contributed by atoms with van der Waals surface area (Å²) in [5, 5.41) is 9.78. The van der Waals surface area contributed by atoms with E-state index in [4.69, 9.17) is 31.9 Å². The number of hydrogen-bond acceptors (Lipinski definition) is 7. The number of anilines is 1. The van der Waals surface area contributed by atoms with Crippen molar-refractivity contribution in [2.45, 2.75) is 36.9 Å². The van der Waals surface area contributed by atoms with E-state index >= 15 is 0 Å². The zero-order valence-electron chi connectivity index (χ0n) is 12.3. The molecule has 1 fully saturated rings. The molecule has 3 heterocycles. The summed E-state index contributed by atoms with van der Waals surface area (Å²) in [5.41, 5.74) is 1.74. The highest BCUT2D eigenvalue weighted by Gasteiger charge is 2.53. The molecule has 1 saturated heterocycles. The quantitative estimate of drug-likeness (QED) is 0.432. The maximum Gasteiger partial charge on any atom is 0.394 e. The van der Waals surface area contributed by atoms with Gasteiger partial charge in [0, 0.05) is 6.42 Å². The van der Waals surface area contributed by atoms with Gasteiger partial charge in [0.1, 0.15) is 11.7 Å². The van der Waals surface area contributed by atoms with Crippen LogP contribution in [0.2, 0.25) is 5.28 Å². The summed E-state index contributed by atoms with van der Waals surface area (Å²) >= 11 is 5.73. The maximum atomic E-state index is 13.6. The fourth-order valence-electron chi connectivity index (χ4n) is 2.55. The Morgan fingerprint density at radius 3 is 2.80 bits per heavy atom. The van der Waals surface area contributed by atoms with Crippen LogP contribution in [-0.2, 0) is 9.30 Å². The Labute approximate surface area is 143 Å². The minimum atomic E-state index is -5.68. The van der Waals surface area contributed by atoms with Crippen molar-refractivity contribution in [3.05, 3.63) is 11.6 Å². The van der Waals surface area contributed by atoms with Crippen LogP contribution in [0.4, 0.5) is 14.6 Å². The van der Waals surface area contributed by atoms with Crippen molar-refractivity contribution in [2.75, 3.05) is 5.73 Å². The van der Waals surface area contributed by atoms with Crippen LogP contribution in [0.5, 0.6) is 0 Å². The van der Waals surface area contributed by atoms with Crippen molar-refractivity contribution in [2.24, 2.45) is 0 Å². The van der Waals surface area contributed by atoms with Gasteiger partial charge in [-0.2, -0.15) is 18.7 Å². The van der Waals surface area contributed by atoms with Crippen LogP contribution in [0.25, 0.3) is 11.2 Å². The van der Waals surface area contributed by atoms with Crippen LogP contribution >= 0.6 is 19.2 Å². The third-order valence-electron chi connectivity index (χ3n) is 3.81. The summed E-state index contributed by atoms with van der Waals surface area (Å²) in [7, 11) is -5.68. The zero-order valence-corrected chi connectivity index (χ0v) is 14.0. The molecular weight excluding hydrogens is 387 g/mol. The molecule has 1 aliphatic rings. The SMILES string of the molecule is Nc1nc(Cl)nc2c1ncn2[C@H]1C[C@H](O)[C@@H](CC(F)(F)P(=O)(O)O)O1. The van der Waals surface area contributed by atoms with Crippen molar-refractivity contribution < 1.29 is 33.0 Å². The van der Waals surface area contributed by atoms with E-state index < -0.39 is 38.1 Å². The first-order chi connectivity index (χ1) is 11.5. The van der Waals surface area contributed by atoms with Gasteiger partial charge in [-0.05, 0) is 11.6 Å². The molecule has 138 valence electrons. The predicted molar refractivity (Wildman–Crippen MR) is 80.9 cm³/mol. The van der Waals surface area contributed by atoms with Gasteiger partial charge in [0.15, 0.2) is 11.5 Å². The molecule has 0 saturated carbocycles. The van der Waals surface area contributed by atoms with Gasteiger partial charge < -0.3 is 25.4 Å². The lowest BCUT2D eigenvalue weighted by Gasteiger charge is -2.22. The number of aliphatic hydroxyl groups excluding tert-OH is 1. The van der Waals surface area contributed by atoms with Crippen LogP contribution in [0, 0.1) is 0 Å². The first-order valence-corrected chi connectivity index (χ1v) is 8.91. The van der Waals surface area contributed by atoms with E-state index in [9.17, 15) is 18.5 Å². The van der Waals surface area contributed by atoms with Gasteiger partial charge in [-0.1, -0.05) is 0 Å². The molecule has 14 heteroatoms. The molecule has 0 bridgehead atoms. The van der Waals surface area contributed by atoms with E-state index in [1.807, 2.05) is 0 Å². The molecular formula is C11H13ClF2N5O5P. The van der Waals surface area contributed by atoms with Crippen molar-refractivity contribution >= 4 is 36.2 Å². The van der Waals surface area contributed by atoms with E-state index in [-0.39, 0.29) is 28.7 Å². The van der Waals surface area contributed by atoms with Gasteiger partial charge >= 0.3 is 13.3 Å². The van der Waals surface area contributed by atoms with Gasteiger partial charge in [-0.15, -0.1) is 0 Å². The molecule has 1 aliphatic heterocycles. The lowest BCUT2D eigenvalue weighted by molar-refractivity contribution is -0.0651. The third-order valence-corrected chi connectivity index (χ3v) is 5.01. The van der Waals surface area contributed by atoms with Crippen molar-refractivity contribution in [1.82, 2.24) is 19.5 Å². The predicted octanol–water partition coefficient (Wildman–Crippen LogP) is 0.871. The second-order valence-electron chi connectivity index (χ2n) is 5.55. The van der Waals surface area contributed by atoms with E-state index in [1.165, 1.54) is 10.9 Å². The minimum absolute atomic E-state index is 0.0110. The van der Waals surface area contributed by atoms with E-state index in [1.54, 1.807) is 0 Å². The smallest absolute Gasteiger partial charge is 0.390 e. The Morgan fingerprint density at radius 1 is 1.48 bits per heavy atom. The molecule has 10 nitrogen and oxygen atoms in total. The number of ether oxygens (including phenoxy) is 1. The van der Waals surface area contributed by atoms with E-state index in [0.29, 0.717) is 0 Å². The molecule has 3 rings (SSSR count). The number of nitrogens with zero attached hydrogens (tertiary/aromatic N) is 4. The molecule has 0 aromatic carbocycles. The number of alkyl halides is 2. The summed E-state index contributed by atoms with van der Waals surface area (Å²) in [6, 6.07) is 0. The average molecular weight is 400 g/mol. The Kier molecular flexibility index (Phi) is 4.46. The lowest BCUT2D eigenvalue weighted by Crippen LogP contribution is -2.30. The summed E-state index contributed by atoms with van der Waals surface area (Å²) < 4.78 is 44.6. The summed E-state index contributed by atoms with van der Waals surface area (Å²) in [4.78, 5) is 29.1. The standard InChI is InChI=1S/C11H13ClF2N5O5P/c12-10-17-8(15)7-9(18-10)19(3-16-7)6-1-4(20)5(24-6)2-11(13,14)25(21,22)23/h3-6,20H,1-2H2,(H2,15,17,18)(H2,21,22,23)/t4-,5+,6+/m0/s1. The molecule has 0 amide bonds. The van der Waals surface area contributed by atoms with Crippen LogP contribution < -0.4 is 5.73 Å². The summed E-state index contributed by atoms with van der Waals surface area (Å²) in [5.74, 6) is 0.0110. The van der Waals surface area contributed by atoms with E-state index in [0.717, 1.165) is 0 Å². The van der Waals surface area contributed by atoms with Crippen LogP contribution in [0.1, 0.15) is 19.1 Å². The Hall–Kier alpha value is -1.43. The highest BCUT2D eigenvalue weighted by molar-refractivity contribution is 7.53. The fraction of sp³-hybridized carbons (Fsp3) is 0.545. The first-order valence-electron chi connectivity index (χ1n) is 6.92. The molecule has 2 aromatic heterocycles. The molecule has 0 unspecified atom stereocenters. The van der Waals surface area contributed by atoms with Gasteiger partial charge in [0.05, 0.1) is 25.0 Å². The van der Waals surface area contributed by atoms with Gasteiger partial charge in [-0.3, -0.25) is 9.13 Å². The molecule has 25 heavy (non-hydrogen) atoms. The molecule has 0 aliphatic carbocycles. The Morgan fingerprint density at radius 2 is 2.16 bits per heavy atom.